The Morgan fingerprint density at radius 3 is 2.41 bits per heavy atom. The molecule has 0 aliphatic rings. The Kier molecular flexibility index (Phi) is 5.59. The molecule has 0 amide bonds. The van der Waals surface area contributed by atoms with Gasteiger partial charge in [-0.05, 0) is 43.0 Å². The number of ether oxygens (including phenoxy) is 1. The van der Waals surface area contributed by atoms with Gasteiger partial charge in [-0.3, -0.25) is 4.98 Å². The van der Waals surface area contributed by atoms with Crippen molar-refractivity contribution in [2.24, 2.45) is 0 Å². The Labute approximate surface area is 142 Å². The summed E-state index contributed by atoms with van der Waals surface area (Å²) >= 11 is 6.72. The second-order valence-corrected chi connectivity index (χ2v) is 7.59. The maximum Gasteiger partial charge on any atom is 0.224 e. The number of pyridine rings is 1. The summed E-state index contributed by atoms with van der Waals surface area (Å²) in [6.45, 7) is 9.02. The van der Waals surface area contributed by atoms with Gasteiger partial charge in [0.1, 0.15) is 0 Å². The van der Waals surface area contributed by atoms with E-state index in [-0.39, 0.29) is 5.41 Å². The summed E-state index contributed by atoms with van der Waals surface area (Å²) in [6.07, 6.45) is 0. The van der Waals surface area contributed by atoms with Crippen LogP contribution in [-0.4, -0.2) is 16.0 Å². The molecule has 1 aromatic heterocycles. The first-order valence-electron chi connectivity index (χ1n) is 7.33. The van der Waals surface area contributed by atoms with Crippen LogP contribution in [0.3, 0.4) is 0 Å². The fourth-order valence-electron chi connectivity index (χ4n) is 1.99. The lowest BCUT2D eigenvalue weighted by Gasteiger charge is -2.20. The van der Waals surface area contributed by atoms with Gasteiger partial charge in [0.15, 0.2) is 0 Å². The third-order valence-electron chi connectivity index (χ3n) is 3.13. The van der Waals surface area contributed by atoms with E-state index in [2.05, 4.69) is 45.0 Å². The normalized spacial score (nSPS) is 11.3. The van der Waals surface area contributed by atoms with Gasteiger partial charge < -0.3 is 4.74 Å². The molecule has 0 bridgehead atoms. The second-order valence-electron chi connectivity index (χ2n) is 5.94. The van der Waals surface area contributed by atoms with Gasteiger partial charge >= 0.3 is 0 Å². The predicted octanol–water partition coefficient (Wildman–Crippen LogP) is 5.46. The van der Waals surface area contributed by atoms with Crippen LogP contribution in [0.25, 0.3) is 11.3 Å². The van der Waals surface area contributed by atoms with Crippen molar-refractivity contribution in [3.63, 3.8) is 0 Å². The van der Waals surface area contributed by atoms with Gasteiger partial charge in [-0.2, -0.15) is 0 Å². The highest BCUT2D eigenvalue weighted by molar-refractivity contribution is 8.22. The Morgan fingerprint density at radius 2 is 1.82 bits per heavy atom. The van der Waals surface area contributed by atoms with Gasteiger partial charge in [0, 0.05) is 21.6 Å². The Morgan fingerprint density at radius 1 is 1.14 bits per heavy atom. The molecule has 0 radical (unpaired) electrons. The third kappa shape index (κ3) is 4.31. The van der Waals surface area contributed by atoms with E-state index in [1.54, 1.807) is 0 Å². The first-order chi connectivity index (χ1) is 10.4. The molecule has 22 heavy (non-hydrogen) atoms. The molecule has 0 N–H and O–H groups in total. The number of hydrogen-bond donors (Lipinski definition) is 0. The zero-order valence-corrected chi connectivity index (χ0v) is 15.1. The summed E-state index contributed by atoms with van der Waals surface area (Å²) in [4.78, 5) is 5.92. The topological polar surface area (TPSA) is 22.1 Å². The van der Waals surface area contributed by atoms with Crippen molar-refractivity contribution in [3.8, 4) is 11.3 Å². The van der Waals surface area contributed by atoms with Crippen molar-refractivity contribution >= 4 is 28.4 Å². The van der Waals surface area contributed by atoms with Gasteiger partial charge in [-0.25, -0.2) is 0 Å². The van der Waals surface area contributed by atoms with E-state index in [9.17, 15) is 0 Å². The molecular formula is C18H21NOS2. The van der Waals surface area contributed by atoms with Crippen molar-refractivity contribution in [1.29, 1.82) is 0 Å². The lowest BCUT2D eigenvalue weighted by atomic mass is 9.91. The summed E-state index contributed by atoms with van der Waals surface area (Å²) in [7, 11) is 0. The van der Waals surface area contributed by atoms with Crippen LogP contribution in [-0.2, 0) is 10.2 Å². The molecule has 0 spiro atoms. The number of thioether (sulfide) groups is 1. The van der Waals surface area contributed by atoms with Crippen molar-refractivity contribution in [2.75, 3.05) is 6.61 Å². The molecule has 0 saturated carbocycles. The number of thiocarbonyl (C=S) groups is 1. The van der Waals surface area contributed by atoms with Gasteiger partial charge in [-0.15, -0.1) is 0 Å². The minimum Gasteiger partial charge on any atom is -0.479 e. The molecule has 4 heteroatoms. The fourth-order valence-corrected chi connectivity index (χ4v) is 3.13. The smallest absolute Gasteiger partial charge is 0.224 e. The number of benzene rings is 1. The molecule has 1 heterocycles. The van der Waals surface area contributed by atoms with Crippen LogP contribution in [0.2, 0.25) is 0 Å². The molecule has 0 aliphatic carbocycles. The Balaban J connectivity index is 2.47. The molecule has 0 atom stereocenters. The molecule has 0 unspecified atom stereocenters. The first-order valence-corrected chi connectivity index (χ1v) is 8.56. The van der Waals surface area contributed by atoms with Crippen molar-refractivity contribution in [3.05, 3.63) is 48.2 Å². The van der Waals surface area contributed by atoms with E-state index < -0.39 is 0 Å². The monoisotopic (exact) mass is 331 g/mol. The largest absolute Gasteiger partial charge is 0.479 e. The third-order valence-corrected chi connectivity index (χ3v) is 4.33. The van der Waals surface area contributed by atoms with Crippen LogP contribution >= 0.6 is 24.0 Å². The van der Waals surface area contributed by atoms with Crippen LogP contribution in [0.5, 0.6) is 0 Å². The van der Waals surface area contributed by atoms with Crippen LogP contribution in [0.15, 0.2) is 47.4 Å². The van der Waals surface area contributed by atoms with Crippen LogP contribution in [0.4, 0.5) is 0 Å². The Bertz CT molecular complexity index is 648. The van der Waals surface area contributed by atoms with Crippen LogP contribution in [0.1, 0.15) is 33.4 Å². The van der Waals surface area contributed by atoms with E-state index in [4.69, 9.17) is 21.9 Å². The van der Waals surface area contributed by atoms with Crippen LogP contribution < -0.4 is 0 Å². The standard InChI is InChI=1S/C18H21NOS2/c1-5-20-17(21)22-14-11-12-15(18(2,3)4)19-16(14)13-9-7-6-8-10-13/h6-12H,5H2,1-4H3. The summed E-state index contributed by atoms with van der Waals surface area (Å²) in [5.41, 5.74) is 3.13. The quantitative estimate of drug-likeness (QED) is 0.550. The molecule has 116 valence electrons. The number of hydrogen-bond acceptors (Lipinski definition) is 4. The maximum atomic E-state index is 5.40. The predicted molar refractivity (Wildman–Crippen MR) is 98.5 cm³/mol. The van der Waals surface area contributed by atoms with Gasteiger partial charge in [0.05, 0.1) is 12.3 Å². The zero-order chi connectivity index (χ0) is 16.2. The van der Waals surface area contributed by atoms with Gasteiger partial charge in [0.25, 0.3) is 0 Å². The number of rotatable bonds is 3. The highest BCUT2D eigenvalue weighted by Gasteiger charge is 2.19. The van der Waals surface area contributed by atoms with E-state index in [1.807, 2.05) is 25.1 Å². The molecule has 0 aliphatic heterocycles. The van der Waals surface area contributed by atoms with Gasteiger partial charge in [0.2, 0.25) is 4.38 Å². The lowest BCUT2D eigenvalue weighted by molar-refractivity contribution is 0.346. The number of nitrogens with zero attached hydrogens (tertiary/aromatic N) is 1. The minimum absolute atomic E-state index is 0.00710. The zero-order valence-electron chi connectivity index (χ0n) is 13.4. The molecule has 2 aromatic rings. The fraction of sp³-hybridized carbons (Fsp3) is 0.333. The summed E-state index contributed by atoms with van der Waals surface area (Å²) in [6, 6.07) is 14.4. The maximum absolute atomic E-state index is 5.40. The minimum atomic E-state index is 0.00710. The van der Waals surface area contributed by atoms with E-state index in [1.165, 1.54) is 11.8 Å². The first kappa shape index (κ1) is 17.0. The van der Waals surface area contributed by atoms with E-state index in [0.717, 1.165) is 21.8 Å². The highest BCUT2D eigenvalue weighted by atomic mass is 32.2. The molecule has 0 saturated heterocycles. The molecule has 2 nitrogen and oxygen atoms in total. The Hall–Kier alpha value is -1.39. The van der Waals surface area contributed by atoms with Crippen molar-refractivity contribution in [1.82, 2.24) is 4.98 Å². The summed E-state index contributed by atoms with van der Waals surface area (Å²) < 4.78 is 5.93. The SMILES string of the molecule is CCOC(=S)Sc1ccc(C(C)(C)C)nc1-c1ccccc1. The average molecular weight is 332 g/mol. The van der Waals surface area contributed by atoms with Crippen molar-refractivity contribution < 1.29 is 4.74 Å². The van der Waals surface area contributed by atoms with E-state index in [0.29, 0.717) is 11.0 Å². The van der Waals surface area contributed by atoms with Crippen LogP contribution in [0, 0.1) is 0 Å². The summed E-state index contributed by atoms with van der Waals surface area (Å²) in [5, 5.41) is 0. The van der Waals surface area contributed by atoms with E-state index >= 15 is 0 Å². The van der Waals surface area contributed by atoms with Gasteiger partial charge in [-0.1, -0.05) is 51.1 Å². The second kappa shape index (κ2) is 7.25. The molecular weight excluding hydrogens is 310 g/mol. The summed E-state index contributed by atoms with van der Waals surface area (Å²) in [5.74, 6) is 0. The lowest BCUT2D eigenvalue weighted by Crippen LogP contribution is -2.14. The average Bonchev–Trinajstić information content (AvgIpc) is 2.47. The number of aromatic nitrogens is 1. The van der Waals surface area contributed by atoms with Crippen molar-refractivity contribution in [2.45, 2.75) is 38.0 Å². The molecule has 2 rings (SSSR count). The highest BCUT2D eigenvalue weighted by Crippen LogP contribution is 2.33. The molecule has 0 fully saturated rings. The molecule has 1 aromatic carbocycles.